The zero-order chi connectivity index (χ0) is 13.5. The Balaban J connectivity index is 1.84. The van der Waals surface area contributed by atoms with Crippen molar-refractivity contribution in [2.24, 2.45) is 0 Å². The summed E-state index contributed by atoms with van der Waals surface area (Å²) in [6, 6.07) is 12.3. The monoisotopic (exact) mass is 259 g/mol. The van der Waals surface area contributed by atoms with E-state index in [4.69, 9.17) is 9.15 Å². The largest absolute Gasteiger partial charge is 0.465 e. The fourth-order valence-corrected chi connectivity index (χ4v) is 1.92. The molecule has 3 heteroatoms. The van der Waals surface area contributed by atoms with E-state index in [1.807, 2.05) is 25.1 Å². The number of nitrogens with one attached hydrogen (secondary N) is 1. The fourth-order valence-electron chi connectivity index (χ4n) is 1.92. The maximum atomic E-state index is 5.72. The van der Waals surface area contributed by atoms with Gasteiger partial charge in [0.25, 0.3) is 0 Å². The van der Waals surface area contributed by atoms with E-state index in [2.05, 4.69) is 30.4 Å². The van der Waals surface area contributed by atoms with E-state index in [9.17, 15) is 0 Å². The first kappa shape index (κ1) is 13.8. The molecule has 1 aromatic heterocycles. The maximum absolute atomic E-state index is 5.72. The number of hydrogen-bond acceptors (Lipinski definition) is 3. The molecule has 0 aliphatic carbocycles. The van der Waals surface area contributed by atoms with Crippen LogP contribution >= 0.6 is 0 Å². The van der Waals surface area contributed by atoms with Gasteiger partial charge in [0.1, 0.15) is 11.5 Å². The average Bonchev–Trinajstić information content (AvgIpc) is 2.78. The number of benzene rings is 1. The lowest BCUT2D eigenvalue weighted by Crippen LogP contribution is -2.10. The van der Waals surface area contributed by atoms with Crippen LogP contribution in [-0.4, -0.2) is 6.54 Å². The van der Waals surface area contributed by atoms with Crippen LogP contribution in [-0.2, 0) is 24.5 Å². The van der Waals surface area contributed by atoms with E-state index >= 15 is 0 Å². The Morgan fingerprint density at radius 3 is 2.68 bits per heavy atom. The number of rotatable bonds is 7. The van der Waals surface area contributed by atoms with Crippen molar-refractivity contribution >= 4 is 0 Å². The van der Waals surface area contributed by atoms with Crippen LogP contribution in [0.5, 0.6) is 0 Å². The smallest absolute Gasteiger partial charge is 0.118 e. The highest BCUT2D eigenvalue weighted by molar-refractivity contribution is 5.20. The van der Waals surface area contributed by atoms with Crippen LogP contribution in [0, 0.1) is 6.92 Å². The normalized spacial score (nSPS) is 10.8. The van der Waals surface area contributed by atoms with E-state index in [1.54, 1.807) is 0 Å². The highest BCUT2D eigenvalue weighted by Crippen LogP contribution is 2.16. The minimum absolute atomic E-state index is 0.594. The van der Waals surface area contributed by atoms with Gasteiger partial charge in [0.15, 0.2) is 0 Å². The van der Waals surface area contributed by atoms with Crippen LogP contribution in [0.4, 0.5) is 0 Å². The number of hydrogen-bond donors (Lipinski definition) is 1. The Bertz CT molecular complexity index is 491. The Labute approximate surface area is 114 Å². The molecule has 2 aromatic rings. The molecule has 19 heavy (non-hydrogen) atoms. The molecule has 0 saturated heterocycles. The van der Waals surface area contributed by atoms with Crippen molar-refractivity contribution in [3.63, 3.8) is 0 Å². The van der Waals surface area contributed by atoms with Crippen LogP contribution < -0.4 is 5.32 Å². The van der Waals surface area contributed by atoms with Gasteiger partial charge in [-0.15, -0.1) is 0 Å². The van der Waals surface area contributed by atoms with Crippen LogP contribution in [0.2, 0.25) is 0 Å². The third kappa shape index (κ3) is 4.23. The summed E-state index contributed by atoms with van der Waals surface area (Å²) in [6.45, 7) is 7.01. The summed E-state index contributed by atoms with van der Waals surface area (Å²) >= 11 is 0. The third-order valence-corrected chi connectivity index (χ3v) is 2.99. The van der Waals surface area contributed by atoms with Gasteiger partial charge in [-0.1, -0.05) is 37.3 Å². The molecule has 0 aliphatic heterocycles. The molecule has 0 bridgehead atoms. The zero-order valence-electron chi connectivity index (χ0n) is 11.6. The second-order valence-corrected chi connectivity index (χ2v) is 4.55. The molecule has 1 heterocycles. The molecule has 0 fully saturated rings. The molecule has 1 N–H and O–H groups in total. The predicted octanol–water partition coefficient (Wildman–Crippen LogP) is 3.41. The van der Waals surface area contributed by atoms with Crippen molar-refractivity contribution in [2.45, 2.75) is 33.6 Å². The Morgan fingerprint density at radius 2 is 1.95 bits per heavy atom. The number of furan rings is 1. The standard InChI is InChI=1S/C16H21NO2/c1-3-17-10-16-9-15(13(2)19-16)12-18-11-14-7-5-4-6-8-14/h4-9,17H,3,10-12H2,1-2H3. The van der Waals surface area contributed by atoms with Crippen molar-refractivity contribution in [1.29, 1.82) is 0 Å². The van der Waals surface area contributed by atoms with Crippen LogP contribution in [0.15, 0.2) is 40.8 Å². The lowest BCUT2D eigenvalue weighted by molar-refractivity contribution is 0.106. The van der Waals surface area contributed by atoms with E-state index in [0.717, 1.165) is 30.2 Å². The number of ether oxygens (including phenoxy) is 1. The Hall–Kier alpha value is -1.58. The van der Waals surface area contributed by atoms with Crippen molar-refractivity contribution in [3.05, 3.63) is 59.0 Å². The first-order valence-corrected chi connectivity index (χ1v) is 6.70. The average molecular weight is 259 g/mol. The molecule has 0 aliphatic rings. The van der Waals surface area contributed by atoms with E-state index < -0.39 is 0 Å². The van der Waals surface area contributed by atoms with Crippen molar-refractivity contribution in [2.75, 3.05) is 6.54 Å². The van der Waals surface area contributed by atoms with Crippen LogP contribution in [0.1, 0.15) is 29.6 Å². The summed E-state index contributed by atoms with van der Waals surface area (Å²) in [5, 5.41) is 3.25. The lowest BCUT2D eigenvalue weighted by Gasteiger charge is -2.03. The third-order valence-electron chi connectivity index (χ3n) is 2.99. The second kappa shape index (κ2) is 7.12. The fraction of sp³-hybridized carbons (Fsp3) is 0.375. The van der Waals surface area contributed by atoms with E-state index in [-0.39, 0.29) is 0 Å². The summed E-state index contributed by atoms with van der Waals surface area (Å²) in [5.41, 5.74) is 2.32. The zero-order valence-corrected chi connectivity index (χ0v) is 11.6. The highest BCUT2D eigenvalue weighted by atomic mass is 16.5. The summed E-state index contributed by atoms with van der Waals surface area (Å²) < 4.78 is 11.4. The summed E-state index contributed by atoms with van der Waals surface area (Å²) in [4.78, 5) is 0. The molecule has 0 saturated carbocycles. The van der Waals surface area contributed by atoms with Gasteiger partial charge in [0.2, 0.25) is 0 Å². The SMILES string of the molecule is CCNCc1cc(COCc2ccccc2)c(C)o1. The molecule has 0 atom stereocenters. The summed E-state index contributed by atoms with van der Waals surface area (Å²) in [7, 11) is 0. The highest BCUT2D eigenvalue weighted by Gasteiger charge is 2.07. The van der Waals surface area contributed by atoms with E-state index in [0.29, 0.717) is 13.2 Å². The minimum atomic E-state index is 0.594. The van der Waals surface area contributed by atoms with Gasteiger partial charge in [-0.3, -0.25) is 0 Å². The summed E-state index contributed by atoms with van der Waals surface area (Å²) in [6.07, 6.45) is 0. The van der Waals surface area contributed by atoms with Gasteiger partial charge in [0.05, 0.1) is 19.8 Å². The molecule has 3 nitrogen and oxygen atoms in total. The quantitative estimate of drug-likeness (QED) is 0.827. The first-order chi connectivity index (χ1) is 9.29. The lowest BCUT2D eigenvalue weighted by atomic mass is 10.2. The maximum Gasteiger partial charge on any atom is 0.118 e. The van der Waals surface area contributed by atoms with Crippen LogP contribution in [0.3, 0.4) is 0 Å². The Morgan fingerprint density at radius 1 is 1.16 bits per heavy atom. The van der Waals surface area contributed by atoms with Crippen molar-refractivity contribution < 1.29 is 9.15 Å². The molecule has 0 radical (unpaired) electrons. The molecule has 1 aromatic carbocycles. The second-order valence-electron chi connectivity index (χ2n) is 4.55. The molecule has 0 unspecified atom stereocenters. The van der Waals surface area contributed by atoms with Gasteiger partial charge in [-0.2, -0.15) is 0 Å². The van der Waals surface area contributed by atoms with E-state index in [1.165, 1.54) is 5.56 Å². The molecule has 0 amide bonds. The molecule has 102 valence electrons. The number of aryl methyl sites for hydroxylation is 1. The molecular weight excluding hydrogens is 238 g/mol. The van der Waals surface area contributed by atoms with Gasteiger partial charge < -0.3 is 14.5 Å². The molecule has 0 spiro atoms. The molecule has 2 rings (SSSR count). The van der Waals surface area contributed by atoms with Gasteiger partial charge in [-0.25, -0.2) is 0 Å². The topological polar surface area (TPSA) is 34.4 Å². The van der Waals surface area contributed by atoms with Gasteiger partial charge in [0, 0.05) is 5.56 Å². The predicted molar refractivity (Wildman–Crippen MR) is 75.8 cm³/mol. The minimum Gasteiger partial charge on any atom is -0.465 e. The molecular formula is C16H21NO2. The summed E-state index contributed by atoms with van der Waals surface area (Å²) in [5.74, 6) is 1.92. The first-order valence-electron chi connectivity index (χ1n) is 6.70. The van der Waals surface area contributed by atoms with Gasteiger partial charge >= 0.3 is 0 Å². The van der Waals surface area contributed by atoms with Gasteiger partial charge in [-0.05, 0) is 25.1 Å². The van der Waals surface area contributed by atoms with Crippen molar-refractivity contribution in [1.82, 2.24) is 5.32 Å². The van der Waals surface area contributed by atoms with Crippen molar-refractivity contribution in [3.8, 4) is 0 Å². The Kier molecular flexibility index (Phi) is 5.19. The van der Waals surface area contributed by atoms with Crippen LogP contribution in [0.25, 0.3) is 0 Å².